The van der Waals surface area contributed by atoms with Crippen LogP contribution in [0.4, 0.5) is 11.4 Å². The number of non-ortho nitro benzene ring substituents is 1. The zero-order chi connectivity index (χ0) is 27.0. The minimum absolute atomic E-state index is 0.107. The van der Waals surface area contributed by atoms with Crippen molar-refractivity contribution >= 4 is 29.3 Å². The number of nitrogens with zero attached hydrogens (tertiary/aromatic N) is 2. The molecule has 3 aliphatic rings. The fourth-order valence-electron chi connectivity index (χ4n) is 6.33. The summed E-state index contributed by atoms with van der Waals surface area (Å²) >= 11 is 0. The van der Waals surface area contributed by atoms with Gasteiger partial charge < -0.3 is 9.84 Å². The summed E-state index contributed by atoms with van der Waals surface area (Å²) in [6.07, 6.45) is 5.78. The number of anilines is 1. The zero-order valence-electron chi connectivity index (χ0n) is 21.6. The lowest BCUT2D eigenvalue weighted by Gasteiger charge is -2.31. The van der Waals surface area contributed by atoms with Crippen molar-refractivity contribution in [3.05, 3.63) is 80.9 Å². The van der Waals surface area contributed by atoms with Crippen LogP contribution in [0.1, 0.15) is 51.5 Å². The van der Waals surface area contributed by atoms with Gasteiger partial charge in [0.05, 0.1) is 35.2 Å². The Labute approximate surface area is 221 Å². The third-order valence-corrected chi connectivity index (χ3v) is 8.16. The van der Waals surface area contributed by atoms with E-state index >= 15 is 0 Å². The third-order valence-electron chi connectivity index (χ3n) is 8.16. The molecule has 0 bridgehead atoms. The summed E-state index contributed by atoms with van der Waals surface area (Å²) in [6, 6.07) is 12.9. The van der Waals surface area contributed by atoms with Crippen LogP contribution in [0.2, 0.25) is 0 Å². The molecule has 2 aromatic carbocycles. The number of nitro benzene ring substituents is 1. The third kappa shape index (κ3) is 4.65. The number of benzene rings is 2. The summed E-state index contributed by atoms with van der Waals surface area (Å²) in [5, 5.41) is 21.1. The number of hydrogen-bond acceptors (Lipinski definition) is 6. The molecule has 0 saturated carbocycles. The van der Waals surface area contributed by atoms with Gasteiger partial charge in [-0.05, 0) is 61.4 Å². The van der Waals surface area contributed by atoms with Crippen molar-refractivity contribution in [2.45, 2.75) is 52.1 Å². The molecule has 0 unspecified atom stereocenters. The molecule has 2 fully saturated rings. The lowest BCUT2D eigenvalue weighted by Crippen LogP contribution is -2.34. The zero-order valence-corrected chi connectivity index (χ0v) is 21.6. The van der Waals surface area contributed by atoms with Crippen molar-refractivity contribution in [3.8, 4) is 5.75 Å². The van der Waals surface area contributed by atoms with E-state index in [9.17, 15) is 24.8 Å². The van der Waals surface area contributed by atoms with Gasteiger partial charge in [0.15, 0.2) is 0 Å². The maximum Gasteiger partial charge on any atom is 0.271 e. The Morgan fingerprint density at radius 3 is 2.63 bits per heavy atom. The summed E-state index contributed by atoms with van der Waals surface area (Å²) < 4.78 is 6.28. The first-order valence-corrected chi connectivity index (χ1v) is 13.3. The number of imide groups is 1. The SMILES string of the molecule is CCC1=C2[C@@H](CC/C(=C/c3cccc(O)c3)CC)OC[C@@H]2[C@@H]2C(=O)N(c3cccc([N+](=O)[O-])c3)C(=O)[C@@H]2C1. The normalized spacial score (nSPS) is 25.1. The summed E-state index contributed by atoms with van der Waals surface area (Å²) in [5.74, 6) is -1.47. The molecule has 2 saturated heterocycles. The Hall–Kier alpha value is -3.78. The molecule has 5 rings (SSSR count). The van der Waals surface area contributed by atoms with Gasteiger partial charge in [0.1, 0.15) is 5.75 Å². The molecule has 198 valence electrons. The summed E-state index contributed by atoms with van der Waals surface area (Å²) in [7, 11) is 0. The van der Waals surface area contributed by atoms with Gasteiger partial charge in [0.2, 0.25) is 11.8 Å². The van der Waals surface area contributed by atoms with Gasteiger partial charge in [-0.1, -0.05) is 49.3 Å². The fourth-order valence-corrected chi connectivity index (χ4v) is 6.33. The van der Waals surface area contributed by atoms with E-state index in [1.165, 1.54) is 34.9 Å². The molecular formula is C30H32N2O6. The standard InChI is InChI=1S/C30H32N2O6/c1-3-18(13-19-7-5-10-23(33)14-19)11-12-26-27-20(4-2)15-24-28(25(27)17-38-26)30(35)31(29(24)34)21-8-6-9-22(16-21)32(36)37/h5-10,13-14,16,24-26,28,33H,3-4,11-12,15,17H2,1-2H3/b18-13+/t24-,25+,26-,28-/m1/s1. The number of amides is 2. The highest BCUT2D eigenvalue weighted by atomic mass is 16.6. The highest BCUT2D eigenvalue weighted by Crippen LogP contribution is 2.51. The minimum atomic E-state index is -0.522. The van der Waals surface area contributed by atoms with Crippen LogP contribution in [-0.2, 0) is 14.3 Å². The van der Waals surface area contributed by atoms with Crippen molar-refractivity contribution < 1.29 is 24.4 Å². The number of nitro groups is 1. The molecule has 1 aliphatic carbocycles. The van der Waals surface area contributed by atoms with Crippen LogP contribution in [0.25, 0.3) is 6.08 Å². The van der Waals surface area contributed by atoms with E-state index in [-0.39, 0.29) is 41.0 Å². The highest BCUT2D eigenvalue weighted by Gasteiger charge is 2.57. The second kappa shape index (κ2) is 10.5. The Kier molecular flexibility index (Phi) is 7.17. The van der Waals surface area contributed by atoms with Crippen LogP contribution < -0.4 is 4.90 Å². The second-order valence-electron chi connectivity index (χ2n) is 10.3. The number of phenolic OH excluding ortho intramolecular Hbond substituents is 1. The number of carbonyl (C=O) groups excluding carboxylic acids is 2. The molecule has 2 aromatic rings. The lowest BCUT2D eigenvalue weighted by molar-refractivity contribution is -0.384. The van der Waals surface area contributed by atoms with Gasteiger partial charge in [-0.25, -0.2) is 4.90 Å². The van der Waals surface area contributed by atoms with Crippen LogP contribution in [0.5, 0.6) is 5.75 Å². The van der Waals surface area contributed by atoms with E-state index in [2.05, 4.69) is 19.9 Å². The first kappa shape index (κ1) is 25.9. The highest BCUT2D eigenvalue weighted by molar-refractivity contribution is 6.22. The summed E-state index contributed by atoms with van der Waals surface area (Å²) in [6.45, 7) is 4.58. The van der Waals surface area contributed by atoms with Crippen LogP contribution in [0.3, 0.4) is 0 Å². The maximum absolute atomic E-state index is 13.6. The van der Waals surface area contributed by atoms with Gasteiger partial charge in [-0.15, -0.1) is 0 Å². The molecule has 0 spiro atoms. The monoisotopic (exact) mass is 516 g/mol. The first-order chi connectivity index (χ1) is 18.3. The quantitative estimate of drug-likeness (QED) is 0.205. The molecule has 2 amide bonds. The number of hydrogen-bond donors (Lipinski definition) is 1. The van der Waals surface area contributed by atoms with Crippen molar-refractivity contribution in [1.82, 2.24) is 0 Å². The number of allylic oxidation sites excluding steroid dienone is 2. The molecule has 8 nitrogen and oxygen atoms in total. The van der Waals surface area contributed by atoms with Gasteiger partial charge >= 0.3 is 0 Å². The maximum atomic E-state index is 13.6. The largest absolute Gasteiger partial charge is 0.508 e. The Balaban J connectivity index is 1.37. The summed E-state index contributed by atoms with van der Waals surface area (Å²) in [5.41, 5.74) is 4.67. The van der Waals surface area contributed by atoms with Gasteiger partial charge in [-0.2, -0.15) is 0 Å². The van der Waals surface area contributed by atoms with Crippen LogP contribution in [-0.4, -0.2) is 34.6 Å². The number of phenols is 1. The van der Waals surface area contributed by atoms with Crippen molar-refractivity contribution in [1.29, 1.82) is 0 Å². The average Bonchev–Trinajstić information content (AvgIpc) is 3.44. The van der Waals surface area contributed by atoms with Gasteiger partial charge in [0.25, 0.3) is 5.69 Å². The van der Waals surface area contributed by atoms with E-state index in [1.807, 2.05) is 12.1 Å². The molecule has 0 radical (unpaired) electrons. The number of carbonyl (C=O) groups is 2. The topological polar surface area (TPSA) is 110 Å². The molecule has 8 heteroatoms. The Morgan fingerprint density at radius 1 is 1.13 bits per heavy atom. The van der Waals surface area contributed by atoms with Crippen molar-refractivity contribution in [3.63, 3.8) is 0 Å². The fraction of sp³-hybridized carbons (Fsp3) is 0.400. The number of ether oxygens (including phenoxy) is 1. The average molecular weight is 517 g/mol. The predicted octanol–water partition coefficient (Wildman–Crippen LogP) is 5.81. The Bertz CT molecular complexity index is 1350. The van der Waals surface area contributed by atoms with E-state index in [0.717, 1.165) is 36.1 Å². The van der Waals surface area contributed by atoms with E-state index in [4.69, 9.17) is 4.74 Å². The van der Waals surface area contributed by atoms with E-state index in [1.54, 1.807) is 18.2 Å². The minimum Gasteiger partial charge on any atom is -0.508 e. The molecule has 2 heterocycles. The van der Waals surface area contributed by atoms with Gasteiger partial charge in [0, 0.05) is 18.1 Å². The van der Waals surface area contributed by atoms with Crippen LogP contribution >= 0.6 is 0 Å². The lowest BCUT2D eigenvalue weighted by atomic mass is 9.69. The molecule has 2 aliphatic heterocycles. The molecule has 1 N–H and O–H groups in total. The number of aromatic hydroxyl groups is 1. The molecule has 4 atom stereocenters. The second-order valence-corrected chi connectivity index (χ2v) is 10.3. The molecular weight excluding hydrogens is 484 g/mol. The van der Waals surface area contributed by atoms with Crippen LogP contribution in [0, 0.1) is 27.9 Å². The first-order valence-electron chi connectivity index (χ1n) is 13.3. The molecule has 0 aromatic heterocycles. The van der Waals surface area contributed by atoms with E-state index in [0.29, 0.717) is 13.0 Å². The number of fused-ring (bicyclic) bond motifs is 3. The summed E-state index contributed by atoms with van der Waals surface area (Å²) in [4.78, 5) is 39.0. The predicted molar refractivity (Wildman–Crippen MR) is 143 cm³/mol. The molecule has 38 heavy (non-hydrogen) atoms. The number of rotatable bonds is 8. The van der Waals surface area contributed by atoms with Crippen molar-refractivity contribution in [2.75, 3.05) is 11.5 Å². The van der Waals surface area contributed by atoms with Crippen molar-refractivity contribution in [2.24, 2.45) is 17.8 Å². The van der Waals surface area contributed by atoms with E-state index < -0.39 is 16.8 Å². The van der Waals surface area contributed by atoms with Crippen LogP contribution in [0.15, 0.2) is 65.3 Å². The smallest absolute Gasteiger partial charge is 0.271 e. The van der Waals surface area contributed by atoms with Gasteiger partial charge in [-0.3, -0.25) is 19.7 Å². The Morgan fingerprint density at radius 2 is 1.92 bits per heavy atom.